The van der Waals surface area contributed by atoms with E-state index in [0.29, 0.717) is 6.04 Å². The van der Waals surface area contributed by atoms with Crippen molar-refractivity contribution in [3.8, 4) is 5.75 Å². The fourth-order valence-corrected chi connectivity index (χ4v) is 4.22. The van der Waals surface area contributed by atoms with Crippen LogP contribution in [0.25, 0.3) is 0 Å². The van der Waals surface area contributed by atoms with Crippen molar-refractivity contribution in [3.63, 3.8) is 0 Å². The van der Waals surface area contributed by atoms with Gasteiger partial charge in [-0.15, -0.1) is 0 Å². The summed E-state index contributed by atoms with van der Waals surface area (Å²) >= 11 is 4.09. The molecule has 5 heteroatoms. The lowest BCUT2D eigenvalue weighted by atomic mass is 10.3. The molecule has 1 aliphatic rings. The Labute approximate surface area is 117 Å². The average Bonchev–Trinajstić information content (AvgIpc) is 2.66. The molecule has 0 radical (unpaired) electrons. The van der Waals surface area contributed by atoms with Gasteiger partial charge in [-0.25, -0.2) is 0 Å². The maximum absolute atomic E-state index is 5.80. The molecule has 1 aliphatic heterocycles. The van der Waals surface area contributed by atoms with Gasteiger partial charge in [0.1, 0.15) is 11.9 Å². The van der Waals surface area contributed by atoms with Crippen molar-refractivity contribution in [2.75, 3.05) is 29.6 Å². The van der Waals surface area contributed by atoms with E-state index in [1.807, 2.05) is 35.7 Å². The van der Waals surface area contributed by atoms with Gasteiger partial charge in [-0.2, -0.15) is 23.5 Å². The molecule has 3 nitrogen and oxygen atoms in total. The first kappa shape index (κ1) is 14.0. The van der Waals surface area contributed by atoms with E-state index in [0.717, 1.165) is 12.3 Å². The smallest absolute Gasteiger partial charge is 0.138 e. The first-order valence-electron chi connectivity index (χ1n) is 6.30. The molecule has 100 valence electrons. The van der Waals surface area contributed by atoms with Gasteiger partial charge in [-0.3, -0.25) is 4.98 Å². The largest absolute Gasteiger partial charge is 0.488 e. The molecule has 18 heavy (non-hydrogen) atoms. The Morgan fingerprint density at radius 1 is 1.44 bits per heavy atom. The lowest BCUT2D eigenvalue weighted by molar-refractivity contribution is 0.213. The molecule has 0 aliphatic carbocycles. The third-order valence-corrected chi connectivity index (χ3v) is 5.20. The summed E-state index contributed by atoms with van der Waals surface area (Å²) in [5.74, 6) is 5.84. The van der Waals surface area contributed by atoms with Crippen molar-refractivity contribution in [1.29, 1.82) is 0 Å². The Hall–Kier alpha value is -0.390. The third-order valence-electron chi connectivity index (χ3n) is 2.68. The van der Waals surface area contributed by atoms with E-state index < -0.39 is 0 Å². The predicted octanol–water partition coefficient (Wildman–Crippen LogP) is 2.29. The zero-order valence-electron chi connectivity index (χ0n) is 10.7. The summed E-state index contributed by atoms with van der Waals surface area (Å²) in [7, 11) is 0. The van der Waals surface area contributed by atoms with Crippen molar-refractivity contribution in [3.05, 3.63) is 24.5 Å². The summed E-state index contributed by atoms with van der Waals surface area (Å²) in [6.07, 6.45) is 3.69. The monoisotopic (exact) mass is 284 g/mol. The highest BCUT2D eigenvalue weighted by Crippen LogP contribution is 2.16. The van der Waals surface area contributed by atoms with Gasteiger partial charge >= 0.3 is 0 Å². The molecular weight excluding hydrogens is 264 g/mol. The minimum atomic E-state index is 0.174. The van der Waals surface area contributed by atoms with Gasteiger partial charge in [0.05, 0.1) is 6.20 Å². The van der Waals surface area contributed by atoms with Crippen LogP contribution in [0.5, 0.6) is 5.75 Å². The van der Waals surface area contributed by atoms with Crippen molar-refractivity contribution in [1.82, 2.24) is 10.3 Å². The zero-order chi connectivity index (χ0) is 12.6. The molecule has 0 aromatic carbocycles. The van der Waals surface area contributed by atoms with E-state index in [1.54, 1.807) is 12.4 Å². The number of nitrogens with zero attached hydrogens (tertiary/aromatic N) is 1. The van der Waals surface area contributed by atoms with Gasteiger partial charge in [0.25, 0.3) is 0 Å². The minimum Gasteiger partial charge on any atom is -0.488 e. The van der Waals surface area contributed by atoms with E-state index in [4.69, 9.17) is 4.74 Å². The summed E-state index contributed by atoms with van der Waals surface area (Å²) in [4.78, 5) is 4.05. The molecule has 1 saturated heterocycles. The van der Waals surface area contributed by atoms with Crippen LogP contribution < -0.4 is 10.1 Å². The molecule has 2 rings (SSSR count). The van der Waals surface area contributed by atoms with Gasteiger partial charge in [0.2, 0.25) is 0 Å². The van der Waals surface area contributed by atoms with Crippen LogP contribution in [0.1, 0.15) is 6.92 Å². The Morgan fingerprint density at radius 2 is 2.22 bits per heavy atom. The second-order valence-electron chi connectivity index (χ2n) is 4.37. The lowest BCUT2D eigenvalue weighted by Crippen LogP contribution is -2.39. The predicted molar refractivity (Wildman–Crippen MR) is 80.8 cm³/mol. The Balaban J connectivity index is 1.69. The Morgan fingerprint density at radius 3 is 2.89 bits per heavy atom. The summed E-state index contributed by atoms with van der Waals surface area (Å²) in [6.45, 7) is 2.98. The van der Waals surface area contributed by atoms with E-state index in [2.05, 4.69) is 17.2 Å². The minimum absolute atomic E-state index is 0.174. The van der Waals surface area contributed by atoms with Gasteiger partial charge in [-0.1, -0.05) is 0 Å². The Bertz CT molecular complexity index is 329. The van der Waals surface area contributed by atoms with Crippen LogP contribution in [0.15, 0.2) is 24.5 Å². The number of pyridine rings is 1. The molecule has 0 amide bonds. The quantitative estimate of drug-likeness (QED) is 0.897. The average molecular weight is 284 g/mol. The third kappa shape index (κ3) is 5.08. The van der Waals surface area contributed by atoms with Crippen LogP contribution in [-0.2, 0) is 0 Å². The van der Waals surface area contributed by atoms with Crippen LogP contribution >= 0.6 is 23.5 Å². The number of hydrogen-bond acceptors (Lipinski definition) is 5. The van der Waals surface area contributed by atoms with Gasteiger partial charge in [0.15, 0.2) is 0 Å². The fourth-order valence-electron chi connectivity index (χ4n) is 1.76. The molecule has 1 aromatic heterocycles. The fraction of sp³-hybridized carbons (Fsp3) is 0.615. The van der Waals surface area contributed by atoms with Crippen LogP contribution in [0, 0.1) is 0 Å². The highest BCUT2D eigenvalue weighted by molar-refractivity contribution is 8.03. The molecular formula is C13H20N2OS2. The van der Waals surface area contributed by atoms with Gasteiger partial charge in [0, 0.05) is 41.8 Å². The SMILES string of the molecule is CC(CNC1CSCCSC1)Oc1cccnc1. The maximum atomic E-state index is 5.80. The Kier molecular flexibility index (Phi) is 6.17. The zero-order valence-corrected chi connectivity index (χ0v) is 12.3. The number of ether oxygens (including phenoxy) is 1. The van der Waals surface area contributed by atoms with Crippen molar-refractivity contribution >= 4 is 23.5 Å². The molecule has 2 heterocycles. The van der Waals surface area contributed by atoms with E-state index >= 15 is 0 Å². The normalized spacial score (nSPS) is 19.2. The molecule has 1 fully saturated rings. The number of aromatic nitrogens is 1. The van der Waals surface area contributed by atoms with Gasteiger partial charge < -0.3 is 10.1 Å². The molecule has 1 N–H and O–H groups in total. The van der Waals surface area contributed by atoms with E-state index in [9.17, 15) is 0 Å². The molecule has 0 saturated carbocycles. The second kappa shape index (κ2) is 7.92. The molecule has 1 aromatic rings. The van der Waals surface area contributed by atoms with Crippen LogP contribution in [0.3, 0.4) is 0 Å². The van der Waals surface area contributed by atoms with Gasteiger partial charge in [-0.05, 0) is 19.1 Å². The number of nitrogens with one attached hydrogen (secondary N) is 1. The number of rotatable bonds is 5. The summed E-state index contributed by atoms with van der Waals surface area (Å²) in [5, 5.41) is 3.59. The summed E-state index contributed by atoms with van der Waals surface area (Å²) in [5.41, 5.74) is 0. The molecule has 1 unspecified atom stereocenters. The van der Waals surface area contributed by atoms with Crippen molar-refractivity contribution < 1.29 is 4.74 Å². The topological polar surface area (TPSA) is 34.1 Å². The first-order chi connectivity index (χ1) is 8.84. The first-order valence-corrected chi connectivity index (χ1v) is 8.61. The molecule has 1 atom stereocenters. The van der Waals surface area contributed by atoms with Crippen molar-refractivity contribution in [2.24, 2.45) is 0 Å². The molecule has 0 spiro atoms. The second-order valence-corrected chi connectivity index (χ2v) is 6.67. The van der Waals surface area contributed by atoms with Crippen molar-refractivity contribution in [2.45, 2.75) is 19.1 Å². The van der Waals surface area contributed by atoms with E-state index in [1.165, 1.54) is 23.0 Å². The highest BCUT2D eigenvalue weighted by Gasteiger charge is 2.13. The van der Waals surface area contributed by atoms with E-state index in [-0.39, 0.29) is 6.10 Å². The molecule has 0 bridgehead atoms. The summed E-state index contributed by atoms with van der Waals surface area (Å²) in [6, 6.07) is 4.46. The number of thioether (sulfide) groups is 2. The van der Waals surface area contributed by atoms with Crippen LogP contribution in [-0.4, -0.2) is 46.7 Å². The van der Waals surface area contributed by atoms with Crippen LogP contribution in [0.2, 0.25) is 0 Å². The number of hydrogen-bond donors (Lipinski definition) is 1. The standard InChI is InChI=1S/C13H20N2OS2/c1-11(16-13-3-2-4-14-8-13)7-15-12-9-17-5-6-18-10-12/h2-4,8,11-12,15H,5-7,9-10H2,1H3. The van der Waals surface area contributed by atoms with Crippen LogP contribution in [0.4, 0.5) is 0 Å². The lowest BCUT2D eigenvalue weighted by Gasteiger charge is -2.20. The maximum Gasteiger partial charge on any atom is 0.138 e. The highest BCUT2D eigenvalue weighted by atomic mass is 32.2. The summed E-state index contributed by atoms with van der Waals surface area (Å²) < 4.78 is 5.80.